The number of halogens is 2. The molecule has 4 aromatic carbocycles. The Morgan fingerprint density at radius 2 is 1.56 bits per heavy atom. The Hall–Kier alpha value is -4.00. The summed E-state index contributed by atoms with van der Waals surface area (Å²) in [5.74, 6) is 0.253. The smallest absolute Gasteiger partial charge is 0.256 e. The molecule has 5 nitrogen and oxygen atoms in total. The number of ketones is 1. The van der Waals surface area contributed by atoms with Gasteiger partial charge in [0.25, 0.3) is 5.91 Å². The lowest BCUT2D eigenvalue weighted by atomic mass is 10.0. The number of carbonyl (C=O) groups excluding carboxylic acids is 2. The average Bonchev–Trinajstić information content (AvgIpc) is 3.40. The number of rotatable bonds is 6. The summed E-state index contributed by atoms with van der Waals surface area (Å²) in [6.07, 6.45) is 1.63. The maximum absolute atomic E-state index is 13.4. The number of benzene rings is 4. The summed E-state index contributed by atoms with van der Waals surface area (Å²) in [6.45, 7) is 0. The Labute approximate surface area is 220 Å². The summed E-state index contributed by atoms with van der Waals surface area (Å²) < 4.78 is 6.95. The summed E-state index contributed by atoms with van der Waals surface area (Å²) in [6, 6.07) is 28.3. The highest BCUT2D eigenvalue weighted by atomic mass is 79.9. The third kappa shape index (κ3) is 5.00. The standard InChI is InChI=1S/C29H18BrClN2O3/c30-20-12-10-18(11-13-20)26-17-32-29(36-26)23-9-5-4-8-22(23)28(35)33-25-15-14-21(31)16-24(25)27(34)19-6-2-1-3-7-19/h1-17H,(H,33,35). The first-order valence-corrected chi connectivity index (χ1v) is 12.2. The van der Waals surface area contributed by atoms with Crippen molar-refractivity contribution in [1.29, 1.82) is 0 Å². The van der Waals surface area contributed by atoms with Crippen molar-refractivity contribution in [3.63, 3.8) is 0 Å². The number of nitrogens with zero attached hydrogens (tertiary/aromatic N) is 1. The van der Waals surface area contributed by atoms with E-state index in [0.717, 1.165) is 10.0 Å². The third-order valence-electron chi connectivity index (χ3n) is 5.55. The van der Waals surface area contributed by atoms with Crippen LogP contribution < -0.4 is 5.32 Å². The van der Waals surface area contributed by atoms with Crippen LogP contribution in [0.1, 0.15) is 26.3 Å². The highest BCUT2D eigenvalue weighted by molar-refractivity contribution is 9.10. The van der Waals surface area contributed by atoms with Crippen molar-refractivity contribution < 1.29 is 14.0 Å². The number of aromatic nitrogens is 1. The van der Waals surface area contributed by atoms with Gasteiger partial charge in [-0.05, 0) is 42.5 Å². The zero-order valence-corrected chi connectivity index (χ0v) is 21.1. The van der Waals surface area contributed by atoms with E-state index >= 15 is 0 Å². The molecule has 0 unspecified atom stereocenters. The number of anilines is 1. The molecule has 0 radical (unpaired) electrons. The van der Waals surface area contributed by atoms with Gasteiger partial charge in [-0.15, -0.1) is 0 Å². The fourth-order valence-electron chi connectivity index (χ4n) is 3.76. The van der Waals surface area contributed by atoms with E-state index in [1.807, 2.05) is 36.4 Å². The number of amides is 1. The van der Waals surface area contributed by atoms with Crippen molar-refractivity contribution in [2.45, 2.75) is 0 Å². The van der Waals surface area contributed by atoms with E-state index in [2.05, 4.69) is 26.2 Å². The van der Waals surface area contributed by atoms with Crippen molar-refractivity contribution in [1.82, 2.24) is 4.98 Å². The molecule has 0 spiro atoms. The highest BCUT2D eigenvalue weighted by Gasteiger charge is 2.20. The minimum atomic E-state index is -0.404. The first-order valence-electron chi connectivity index (χ1n) is 11.0. The van der Waals surface area contributed by atoms with E-state index in [1.54, 1.807) is 66.9 Å². The van der Waals surface area contributed by atoms with E-state index < -0.39 is 5.91 Å². The van der Waals surface area contributed by atoms with Crippen LogP contribution in [-0.2, 0) is 0 Å². The first-order chi connectivity index (χ1) is 17.5. The van der Waals surface area contributed by atoms with Gasteiger partial charge in [-0.25, -0.2) is 4.98 Å². The van der Waals surface area contributed by atoms with Crippen molar-refractivity contribution in [3.05, 3.63) is 129 Å². The molecule has 176 valence electrons. The Balaban J connectivity index is 1.46. The predicted molar refractivity (Wildman–Crippen MR) is 144 cm³/mol. The lowest BCUT2D eigenvalue weighted by molar-refractivity contribution is 0.102. The molecular weight excluding hydrogens is 540 g/mol. The maximum atomic E-state index is 13.4. The van der Waals surface area contributed by atoms with Gasteiger partial charge in [-0.1, -0.05) is 82.1 Å². The second kappa shape index (κ2) is 10.3. The zero-order chi connectivity index (χ0) is 25.1. The predicted octanol–water partition coefficient (Wildman–Crippen LogP) is 7.91. The fourth-order valence-corrected chi connectivity index (χ4v) is 4.20. The van der Waals surface area contributed by atoms with Gasteiger partial charge < -0.3 is 9.73 Å². The van der Waals surface area contributed by atoms with Crippen molar-refractivity contribution in [2.75, 3.05) is 5.32 Å². The molecule has 1 aromatic heterocycles. The lowest BCUT2D eigenvalue weighted by Gasteiger charge is -2.12. The van der Waals surface area contributed by atoms with Gasteiger partial charge in [0.1, 0.15) is 0 Å². The second-order valence-corrected chi connectivity index (χ2v) is 9.27. The number of hydrogen-bond acceptors (Lipinski definition) is 4. The summed E-state index contributed by atoms with van der Waals surface area (Å²) in [4.78, 5) is 30.9. The third-order valence-corrected chi connectivity index (χ3v) is 6.31. The largest absolute Gasteiger partial charge is 0.436 e. The van der Waals surface area contributed by atoms with Gasteiger partial charge in [-0.2, -0.15) is 0 Å². The monoisotopic (exact) mass is 556 g/mol. The summed E-state index contributed by atoms with van der Waals surface area (Å²) in [5.41, 5.74) is 2.90. The second-order valence-electron chi connectivity index (χ2n) is 7.92. The molecule has 5 aromatic rings. The molecule has 1 heterocycles. The Kier molecular flexibility index (Phi) is 6.80. The van der Waals surface area contributed by atoms with Gasteiger partial charge in [0, 0.05) is 31.7 Å². The molecule has 1 N–H and O–H groups in total. The molecule has 0 saturated carbocycles. The summed E-state index contributed by atoms with van der Waals surface area (Å²) in [7, 11) is 0. The number of carbonyl (C=O) groups is 2. The van der Waals surface area contributed by atoms with Crippen LogP contribution in [-0.4, -0.2) is 16.7 Å². The summed E-state index contributed by atoms with van der Waals surface area (Å²) >= 11 is 9.60. The van der Waals surface area contributed by atoms with Gasteiger partial charge in [-0.3, -0.25) is 9.59 Å². The topological polar surface area (TPSA) is 72.2 Å². The summed E-state index contributed by atoms with van der Waals surface area (Å²) in [5, 5.41) is 3.26. The van der Waals surface area contributed by atoms with Crippen LogP contribution in [0.25, 0.3) is 22.8 Å². The van der Waals surface area contributed by atoms with Crippen molar-refractivity contribution in [2.24, 2.45) is 0 Å². The number of oxazole rings is 1. The minimum absolute atomic E-state index is 0.242. The van der Waals surface area contributed by atoms with Gasteiger partial charge >= 0.3 is 0 Å². The van der Waals surface area contributed by atoms with Gasteiger partial charge in [0.2, 0.25) is 5.89 Å². The Bertz CT molecular complexity index is 1560. The van der Waals surface area contributed by atoms with E-state index in [-0.39, 0.29) is 5.78 Å². The van der Waals surface area contributed by atoms with Crippen LogP contribution in [0.2, 0.25) is 5.02 Å². The van der Waals surface area contributed by atoms with E-state index in [4.69, 9.17) is 16.0 Å². The van der Waals surface area contributed by atoms with Crippen molar-refractivity contribution >= 4 is 44.9 Å². The first kappa shape index (κ1) is 23.7. The van der Waals surface area contributed by atoms with E-state index in [9.17, 15) is 9.59 Å². The molecule has 36 heavy (non-hydrogen) atoms. The number of hydrogen-bond donors (Lipinski definition) is 1. The van der Waals surface area contributed by atoms with E-state index in [0.29, 0.717) is 44.6 Å². The lowest BCUT2D eigenvalue weighted by Crippen LogP contribution is -2.16. The minimum Gasteiger partial charge on any atom is -0.436 e. The van der Waals surface area contributed by atoms with Crippen LogP contribution in [0.4, 0.5) is 5.69 Å². The highest BCUT2D eigenvalue weighted by Crippen LogP contribution is 2.30. The molecular formula is C29H18BrClN2O3. The quantitative estimate of drug-likeness (QED) is 0.215. The molecule has 0 atom stereocenters. The molecule has 7 heteroatoms. The van der Waals surface area contributed by atoms with E-state index in [1.165, 1.54) is 0 Å². The molecule has 0 saturated heterocycles. The molecule has 1 amide bonds. The van der Waals surface area contributed by atoms with Gasteiger partial charge in [0.15, 0.2) is 11.5 Å². The Morgan fingerprint density at radius 1 is 0.833 bits per heavy atom. The molecule has 0 aliphatic heterocycles. The molecule has 0 fully saturated rings. The average molecular weight is 558 g/mol. The zero-order valence-electron chi connectivity index (χ0n) is 18.7. The molecule has 0 bridgehead atoms. The molecule has 5 rings (SSSR count). The SMILES string of the molecule is O=C(c1ccccc1)c1cc(Cl)ccc1NC(=O)c1ccccc1-c1ncc(-c2ccc(Br)cc2)o1. The Morgan fingerprint density at radius 3 is 2.33 bits per heavy atom. The fraction of sp³-hybridized carbons (Fsp3) is 0. The van der Waals surface area contributed by atoms with Crippen LogP contribution in [0.15, 0.2) is 112 Å². The van der Waals surface area contributed by atoms with Crippen LogP contribution in [0, 0.1) is 0 Å². The molecule has 0 aliphatic carbocycles. The van der Waals surface area contributed by atoms with Crippen LogP contribution >= 0.6 is 27.5 Å². The van der Waals surface area contributed by atoms with Crippen LogP contribution in [0.5, 0.6) is 0 Å². The normalized spacial score (nSPS) is 10.7. The van der Waals surface area contributed by atoms with Crippen molar-refractivity contribution in [3.8, 4) is 22.8 Å². The maximum Gasteiger partial charge on any atom is 0.256 e. The van der Waals surface area contributed by atoms with Crippen LogP contribution in [0.3, 0.4) is 0 Å². The van der Waals surface area contributed by atoms with Gasteiger partial charge in [0.05, 0.1) is 17.4 Å². The molecule has 0 aliphatic rings. The number of nitrogens with one attached hydrogen (secondary N) is 1.